The van der Waals surface area contributed by atoms with Crippen molar-refractivity contribution in [2.24, 2.45) is 17.2 Å². The SMILES string of the molecule is C=CC(N)=O.NC(N)=O.O=CC=O. The summed E-state index contributed by atoms with van der Waals surface area (Å²) < 4.78 is 0. The maximum absolute atomic E-state index is 9.47. The summed E-state index contributed by atoms with van der Waals surface area (Å²) in [5, 5.41) is 0. The van der Waals surface area contributed by atoms with E-state index in [0.717, 1.165) is 6.08 Å². The zero-order chi connectivity index (χ0) is 11.3. The van der Waals surface area contributed by atoms with Gasteiger partial charge in [0.25, 0.3) is 0 Å². The first-order valence-corrected chi connectivity index (χ1v) is 2.78. The van der Waals surface area contributed by atoms with Crippen LogP contribution in [0.5, 0.6) is 0 Å². The molecule has 0 aliphatic rings. The lowest BCUT2D eigenvalue weighted by Crippen LogP contribution is -2.18. The molecule has 74 valence electrons. The monoisotopic (exact) mass is 189 g/mol. The van der Waals surface area contributed by atoms with Crippen LogP contribution in [0.4, 0.5) is 4.79 Å². The van der Waals surface area contributed by atoms with Gasteiger partial charge in [-0.1, -0.05) is 6.58 Å². The predicted molar refractivity (Wildman–Crippen MR) is 45.3 cm³/mol. The van der Waals surface area contributed by atoms with E-state index in [2.05, 4.69) is 23.8 Å². The summed E-state index contributed by atoms with van der Waals surface area (Å²) in [5.41, 5.74) is 13.0. The lowest BCUT2D eigenvalue weighted by atomic mass is 10.6. The van der Waals surface area contributed by atoms with Crippen molar-refractivity contribution in [1.82, 2.24) is 0 Å². The zero-order valence-corrected chi connectivity index (χ0v) is 6.80. The Kier molecular flexibility index (Phi) is 21.6. The number of aldehydes is 2. The number of hydrogen-bond acceptors (Lipinski definition) is 4. The molecule has 0 radical (unpaired) electrons. The van der Waals surface area contributed by atoms with Gasteiger partial charge in [-0.15, -0.1) is 0 Å². The minimum Gasteiger partial charge on any atom is -0.366 e. The van der Waals surface area contributed by atoms with Crippen LogP contribution in [0, 0.1) is 0 Å². The van der Waals surface area contributed by atoms with Gasteiger partial charge >= 0.3 is 6.03 Å². The lowest BCUT2D eigenvalue weighted by molar-refractivity contribution is -0.122. The molecule has 0 aliphatic heterocycles. The molecule has 13 heavy (non-hydrogen) atoms. The van der Waals surface area contributed by atoms with E-state index < -0.39 is 11.9 Å². The normalized spacial score (nSPS) is 5.85. The Bertz CT molecular complexity index is 180. The molecular formula is C6H11N3O4. The molecule has 0 spiro atoms. The first-order valence-electron chi connectivity index (χ1n) is 2.78. The van der Waals surface area contributed by atoms with Gasteiger partial charge in [-0.25, -0.2) is 4.79 Å². The second-order valence-electron chi connectivity index (χ2n) is 1.28. The highest BCUT2D eigenvalue weighted by atomic mass is 16.2. The van der Waals surface area contributed by atoms with Crippen LogP contribution in [0.2, 0.25) is 0 Å². The standard InChI is InChI=1S/C3H5NO.C2H2O2.CH4N2O/c1-2-3(4)5;3-1-2-4;2-1(3)4/h2H,1H2,(H2,4,5);1-2H;(H4,2,3,4). The van der Waals surface area contributed by atoms with Gasteiger partial charge < -0.3 is 17.2 Å². The molecule has 0 heterocycles. The molecule has 0 aromatic rings. The van der Waals surface area contributed by atoms with E-state index in [4.69, 9.17) is 14.4 Å². The van der Waals surface area contributed by atoms with Gasteiger partial charge in [0.2, 0.25) is 5.91 Å². The van der Waals surface area contributed by atoms with Crippen molar-refractivity contribution in [3.8, 4) is 0 Å². The molecule has 0 aromatic carbocycles. The van der Waals surface area contributed by atoms with Gasteiger partial charge in [-0.05, 0) is 6.08 Å². The van der Waals surface area contributed by atoms with E-state index in [1.807, 2.05) is 0 Å². The van der Waals surface area contributed by atoms with E-state index in [1.165, 1.54) is 0 Å². The first kappa shape index (κ1) is 17.1. The van der Waals surface area contributed by atoms with Crippen molar-refractivity contribution in [3.05, 3.63) is 12.7 Å². The summed E-state index contributed by atoms with van der Waals surface area (Å²) in [7, 11) is 0. The highest BCUT2D eigenvalue weighted by molar-refractivity contribution is 6.09. The van der Waals surface area contributed by atoms with Crippen LogP contribution in [0.15, 0.2) is 12.7 Å². The molecule has 0 saturated heterocycles. The Morgan fingerprint density at radius 1 is 1.00 bits per heavy atom. The molecule has 0 saturated carbocycles. The van der Waals surface area contributed by atoms with Crippen molar-refractivity contribution in [1.29, 1.82) is 0 Å². The van der Waals surface area contributed by atoms with Gasteiger partial charge in [-0.3, -0.25) is 14.4 Å². The molecular weight excluding hydrogens is 178 g/mol. The van der Waals surface area contributed by atoms with Crippen LogP contribution >= 0.6 is 0 Å². The molecule has 0 rings (SSSR count). The Morgan fingerprint density at radius 2 is 1.15 bits per heavy atom. The molecule has 7 heteroatoms. The highest BCUT2D eigenvalue weighted by Crippen LogP contribution is 1.48. The average molecular weight is 189 g/mol. The zero-order valence-electron chi connectivity index (χ0n) is 6.80. The van der Waals surface area contributed by atoms with Crippen LogP contribution < -0.4 is 17.2 Å². The quantitative estimate of drug-likeness (QED) is 0.263. The summed E-state index contributed by atoms with van der Waals surface area (Å²) >= 11 is 0. The predicted octanol–water partition coefficient (Wildman–Crippen LogP) is -1.93. The molecule has 0 aromatic heterocycles. The van der Waals surface area contributed by atoms with Crippen LogP contribution in [0.25, 0.3) is 0 Å². The number of primary amides is 3. The van der Waals surface area contributed by atoms with Gasteiger partial charge in [0.05, 0.1) is 0 Å². The highest BCUT2D eigenvalue weighted by Gasteiger charge is 1.69. The molecule has 7 nitrogen and oxygen atoms in total. The third-order valence-electron chi connectivity index (χ3n) is 0.257. The van der Waals surface area contributed by atoms with Crippen molar-refractivity contribution < 1.29 is 19.2 Å². The number of carbonyl (C=O) groups is 4. The van der Waals surface area contributed by atoms with E-state index in [9.17, 15) is 4.79 Å². The third kappa shape index (κ3) is 893. The maximum atomic E-state index is 9.47. The molecule has 0 atom stereocenters. The van der Waals surface area contributed by atoms with Crippen molar-refractivity contribution in [3.63, 3.8) is 0 Å². The van der Waals surface area contributed by atoms with Gasteiger partial charge in [-0.2, -0.15) is 0 Å². The van der Waals surface area contributed by atoms with E-state index >= 15 is 0 Å². The molecule has 6 N–H and O–H groups in total. The number of carbonyl (C=O) groups excluding carboxylic acids is 4. The van der Waals surface area contributed by atoms with Crippen LogP contribution in [0.3, 0.4) is 0 Å². The molecule has 0 fully saturated rings. The Labute approximate surface area is 74.6 Å². The van der Waals surface area contributed by atoms with Gasteiger partial charge in [0.15, 0.2) is 12.6 Å². The molecule has 0 bridgehead atoms. The fourth-order valence-electron chi connectivity index (χ4n) is 0. The Balaban J connectivity index is -0.000000117. The summed E-state index contributed by atoms with van der Waals surface area (Å²) in [6, 6.07) is -0.833. The molecule has 0 unspecified atom stereocenters. The van der Waals surface area contributed by atoms with E-state index in [0.29, 0.717) is 0 Å². The first-order chi connectivity index (χ1) is 5.92. The summed E-state index contributed by atoms with van der Waals surface area (Å²) in [4.78, 5) is 36.1. The average Bonchev–Trinajstić information content (AvgIpc) is 2.04. The minimum atomic E-state index is -0.833. The number of nitrogens with two attached hydrogens (primary N) is 3. The minimum absolute atomic E-state index is 0.194. The number of urea groups is 1. The number of rotatable bonds is 2. The maximum Gasteiger partial charge on any atom is 0.309 e. The topological polar surface area (TPSA) is 146 Å². The van der Waals surface area contributed by atoms with Crippen LogP contribution in [-0.4, -0.2) is 24.5 Å². The lowest BCUT2D eigenvalue weighted by Gasteiger charge is -1.65. The van der Waals surface area contributed by atoms with Gasteiger partial charge in [0.1, 0.15) is 0 Å². The smallest absolute Gasteiger partial charge is 0.309 e. The summed E-state index contributed by atoms with van der Waals surface area (Å²) in [6.45, 7) is 3.09. The largest absolute Gasteiger partial charge is 0.366 e. The van der Waals surface area contributed by atoms with Crippen molar-refractivity contribution >= 4 is 24.5 Å². The van der Waals surface area contributed by atoms with E-state index in [1.54, 1.807) is 0 Å². The van der Waals surface area contributed by atoms with Crippen molar-refractivity contribution in [2.45, 2.75) is 0 Å². The van der Waals surface area contributed by atoms with Gasteiger partial charge in [0, 0.05) is 0 Å². The fraction of sp³-hybridized carbons (Fsp3) is 0. The summed E-state index contributed by atoms with van der Waals surface area (Å²) in [6.07, 6.45) is 1.44. The number of amides is 3. The second kappa shape index (κ2) is 16.4. The second-order valence-corrected chi connectivity index (χ2v) is 1.28. The van der Waals surface area contributed by atoms with E-state index in [-0.39, 0.29) is 12.6 Å². The Hall–Kier alpha value is -2.18. The fourth-order valence-corrected chi connectivity index (χ4v) is 0. The number of hydrogen-bond donors (Lipinski definition) is 3. The third-order valence-corrected chi connectivity index (χ3v) is 0.257. The van der Waals surface area contributed by atoms with Crippen LogP contribution in [-0.2, 0) is 14.4 Å². The molecule has 3 amide bonds. The summed E-state index contributed by atoms with van der Waals surface area (Å²) in [5.74, 6) is -0.481. The van der Waals surface area contributed by atoms with Crippen LogP contribution in [0.1, 0.15) is 0 Å². The molecule has 0 aliphatic carbocycles. The van der Waals surface area contributed by atoms with Crippen molar-refractivity contribution in [2.75, 3.05) is 0 Å². The Morgan fingerprint density at radius 3 is 1.15 bits per heavy atom.